The van der Waals surface area contributed by atoms with Gasteiger partial charge in [-0.2, -0.15) is 0 Å². The SMILES string of the molecule is Cc1ccccc1CC[C@H]1CCCN(C(=O)c2cscn2)C1. The molecule has 22 heavy (non-hydrogen) atoms. The number of rotatable bonds is 4. The molecule has 0 unspecified atom stereocenters. The van der Waals surface area contributed by atoms with Crippen molar-refractivity contribution in [2.45, 2.75) is 32.6 Å². The van der Waals surface area contributed by atoms with Gasteiger partial charge in [0.25, 0.3) is 5.91 Å². The van der Waals surface area contributed by atoms with E-state index in [1.165, 1.54) is 28.9 Å². The minimum atomic E-state index is 0.0989. The van der Waals surface area contributed by atoms with Crippen LogP contribution < -0.4 is 0 Å². The lowest BCUT2D eigenvalue weighted by molar-refractivity contribution is 0.0663. The van der Waals surface area contributed by atoms with Crippen LogP contribution in [0.3, 0.4) is 0 Å². The minimum absolute atomic E-state index is 0.0989. The first-order chi connectivity index (χ1) is 10.7. The second-order valence-electron chi connectivity index (χ2n) is 6.10. The summed E-state index contributed by atoms with van der Waals surface area (Å²) in [5.41, 5.74) is 5.14. The number of carbonyl (C=O) groups is 1. The summed E-state index contributed by atoms with van der Waals surface area (Å²) in [4.78, 5) is 18.5. The van der Waals surface area contributed by atoms with Crippen LogP contribution >= 0.6 is 11.3 Å². The van der Waals surface area contributed by atoms with Gasteiger partial charge in [0.1, 0.15) is 5.69 Å². The molecule has 0 spiro atoms. The summed E-state index contributed by atoms with van der Waals surface area (Å²) >= 11 is 1.48. The molecule has 1 saturated heterocycles. The van der Waals surface area contributed by atoms with Crippen molar-refractivity contribution in [3.05, 3.63) is 52.0 Å². The van der Waals surface area contributed by atoms with Crippen LogP contribution in [0.5, 0.6) is 0 Å². The summed E-state index contributed by atoms with van der Waals surface area (Å²) in [6.45, 7) is 3.92. The first-order valence-electron chi connectivity index (χ1n) is 7.96. The summed E-state index contributed by atoms with van der Waals surface area (Å²) in [5.74, 6) is 0.706. The quantitative estimate of drug-likeness (QED) is 0.856. The zero-order valence-corrected chi connectivity index (χ0v) is 13.8. The molecule has 1 atom stereocenters. The maximum absolute atomic E-state index is 12.4. The van der Waals surface area contributed by atoms with E-state index in [0.717, 1.165) is 32.4 Å². The van der Waals surface area contributed by atoms with E-state index in [1.807, 2.05) is 10.3 Å². The largest absolute Gasteiger partial charge is 0.337 e. The highest BCUT2D eigenvalue weighted by Gasteiger charge is 2.25. The number of piperidine rings is 1. The van der Waals surface area contributed by atoms with Gasteiger partial charge in [0, 0.05) is 18.5 Å². The van der Waals surface area contributed by atoms with E-state index in [9.17, 15) is 4.79 Å². The van der Waals surface area contributed by atoms with Crippen LogP contribution in [0.1, 0.15) is 40.9 Å². The summed E-state index contributed by atoms with van der Waals surface area (Å²) in [7, 11) is 0. The number of hydrogen-bond acceptors (Lipinski definition) is 3. The van der Waals surface area contributed by atoms with Gasteiger partial charge in [-0.3, -0.25) is 4.79 Å². The maximum atomic E-state index is 12.4. The van der Waals surface area contributed by atoms with Crippen molar-refractivity contribution in [1.29, 1.82) is 0 Å². The number of benzene rings is 1. The predicted octanol–water partition coefficient (Wildman–Crippen LogP) is 3.94. The van der Waals surface area contributed by atoms with Gasteiger partial charge >= 0.3 is 0 Å². The number of nitrogens with zero attached hydrogens (tertiary/aromatic N) is 2. The Morgan fingerprint density at radius 1 is 1.41 bits per heavy atom. The fourth-order valence-electron chi connectivity index (χ4n) is 3.22. The molecule has 116 valence electrons. The molecule has 0 saturated carbocycles. The standard InChI is InChI=1S/C18H22N2OS/c1-14-5-2-3-7-16(14)9-8-15-6-4-10-20(11-15)18(21)17-12-22-13-19-17/h2-3,5,7,12-13,15H,4,6,8-11H2,1H3/t15-/m1/s1. The lowest BCUT2D eigenvalue weighted by Gasteiger charge is -2.32. The Morgan fingerprint density at radius 3 is 3.05 bits per heavy atom. The smallest absolute Gasteiger partial charge is 0.273 e. The molecule has 4 heteroatoms. The van der Waals surface area contributed by atoms with Gasteiger partial charge in [-0.1, -0.05) is 24.3 Å². The molecule has 2 aromatic rings. The Bertz CT molecular complexity index is 624. The zero-order valence-electron chi connectivity index (χ0n) is 13.0. The molecule has 0 N–H and O–H groups in total. The minimum Gasteiger partial charge on any atom is -0.337 e. The van der Waals surface area contributed by atoms with Gasteiger partial charge in [0.05, 0.1) is 5.51 Å². The molecule has 0 radical (unpaired) electrons. The zero-order chi connectivity index (χ0) is 15.4. The second kappa shape index (κ2) is 7.05. The van der Waals surface area contributed by atoms with E-state index < -0.39 is 0 Å². The summed E-state index contributed by atoms with van der Waals surface area (Å²) in [5, 5.41) is 1.85. The van der Waals surface area contributed by atoms with Crippen LogP contribution in [0.15, 0.2) is 35.2 Å². The van der Waals surface area contributed by atoms with Crippen molar-refractivity contribution < 1.29 is 4.79 Å². The maximum Gasteiger partial charge on any atom is 0.273 e. The van der Waals surface area contributed by atoms with Crippen molar-refractivity contribution in [2.75, 3.05) is 13.1 Å². The third kappa shape index (κ3) is 3.55. The highest BCUT2D eigenvalue weighted by Crippen LogP contribution is 2.23. The predicted molar refractivity (Wildman–Crippen MR) is 90.2 cm³/mol. The van der Waals surface area contributed by atoms with Crippen molar-refractivity contribution in [3.8, 4) is 0 Å². The molecule has 1 amide bonds. The van der Waals surface area contributed by atoms with E-state index >= 15 is 0 Å². The molecule has 1 aromatic heterocycles. The lowest BCUT2D eigenvalue weighted by atomic mass is 9.90. The third-order valence-corrected chi connectivity index (χ3v) is 5.13. The van der Waals surface area contributed by atoms with Crippen LogP contribution in [-0.4, -0.2) is 28.9 Å². The van der Waals surface area contributed by atoms with Gasteiger partial charge in [-0.25, -0.2) is 4.98 Å². The summed E-state index contributed by atoms with van der Waals surface area (Å²) in [6, 6.07) is 8.60. The molecule has 1 aliphatic heterocycles. The molecular weight excluding hydrogens is 292 g/mol. The molecule has 0 aliphatic carbocycles. The fraction of sp³-hybridized carbons (Fsp3) is 0.444. The van der Waals surface area contributed by atoms with Crippen molar-refractivity contribution in [2.24, 2.45) is 5.92 Å². The van der Waals surface area contributed by atoms with E-state index in [4.69, 9.17) is 0 Å². The average Bonchev–Trinajstić information content (AvgIpc) is 3.08. The van der Waals surface area contributed by atoms with Gasteiger partial charge < -0.3 is 4.90 Å². The fourth-order valence-corrected chi connectivity index (χ4v) is 3.74. The number of carbonyl (C=O) groups excluding carboxylic acids is 1. The second-order valence-corrected chi connectivity index (χ2v) is 6.82. The number of likely N-dealkylation sites (tertiary alicyclic amines) is 1. The van der Waals surface area contributed by atoms with Crippen LogP contribution in [0.4, 0.5) is 0 Å². The lowest BCUT2D eigenvalue weighted by Crippen LogP contribution is -2.40. The van der Waals surface area contributed by atoms with Crippen molar-refractivity contribution >= 4 is 17.2 Å². The number of amides is 1. The highest BCUT2D eigenvalue weighted by molar-refractivity contribution is 7.07. The van der Waals surface area contributed by atoms with Crippen molar-refractivity contribution in [3.63, 3.8) is 0 Å². The Balaban J connectivity index is 1.57. The molecular formula is C18H22N2OS. The molecule has 1 aromatic carbocycles. The van der Waals surface area contributed by atoms with Gasteiger partial charge in [-0.05, 0) is 49.7 Å². The highest BCUT2D eigenvalue weighted by atomic mass is 32.1. The number of hydrogen-bond donors (Lipinski definition) is 0. The molecule has 0 bridgehead atoms. The topological polar surface area (TPSA) is 33.2 Å². The summed E-state index contributed by atoms with van der Waals surface area (Å²) in [6.07, 6.45) is 4.60. The Morgan fingerprint density at radius 2 is 2.27 bits per heavy atom. The summed E-state index contributed by atoms with van der Waals surface area (Å²) < 4.78 is 0. The third-order valence-electron chi connectivity index (χ3n) is 4.54. The van der Waals surface area contributed by atoms with Gasteiger partial charge in [-0.15, -0.1) is 11.3 Å². The van der Waals surface area contributed by atoms with E-state index in [0.29, 0.717) is 11.6 Å². The van der Waals surface area contributed by atoms with Gasteiger partial charge in [0.15, 0.2) is 0 Å². The van der Waals surface area contributed by atoms with Crippen molar-refractivity contribution in [1.82, 2.24) is 9.88 Å². The Hall–Kier alpha value is -1.68. The normalized spacial score (nSPS) is 18.4. The van der Waals surface area contributed by atoms with E-state index in [1.54, 1.807) is 5.51 Å². The van der Waals surface area contributed by atoms with E-state index in [-0.39, 0.29) is 5.91 Å². The number of aromatic nitrogens is 1. The average molecular weight is 314 g/mol. The first kappa shape index (κ1) is 15.2. The molecule has 1 fully saturated rings. The number of aryl methyl sites for hydroxylation is 2. The molecule has 1 aliphatic rings. The van der Waals surface area contributed by atoms with Crippen LogP contribution in [0.2, 0.25) is 0 Å². The van der Waals surface area contributed by atoms with Crippen LogP contribution in [-0.2, 0) is 6.42 Å². The van der Waals surface area contributed by atoms with E-state index in [2.05, 4.69) is 36.2 Å². The first-order valence-corrected chi connectivity index (χ1v) is 8.90. The Kier molecular flexibility index (Phi) is 4.88. The molecule has 2 heterocycles. The van der Waals surface area contributed by atoms with Crippen LogP contribution in [0, 0.1) is 12.8 Å². The molecule has 3 rings (SSSR count). The van der Waals surface area contributed by atoms with Crippen LogP contribution in [0.25, 0.3) is 0 Å². The van der Waals surface area contributed by atoms with Gasteiger partial charge in [0.2, 0.25) is 0 Å². The molecule has 3 nitrogen and oxygen atoms in total. The number of thiazole rings is 1. The Labute approximate surface area is 136 Å². The monoisotopic (exact) mass is 314 g/mol.